The van der Waals surface area contributed by atoms with Crippen LogP contribution in [0, 0.1) is 0 Å². The summed E-state index contributed by atoms with van der Waals surface area (Å²) >= 11 is 0. The van der Waals surface area contributed by atoms with Crippen molar-refractivity contribution in [2.45, 2.75) is 317 Å². The Kier molecular flexibility index (Phi) is 68.6. The average Bonchev–Trinajstić information content (AvgIpc) is 3.44. The van der Waals surface area contributed by atoms with Crippen molar-refractivity contribution in [3.63, 3.8) is 0 Å². The second-order valence-corrected chi connectivity index (χ2v) is 36.0. The number of esters is 3. The number of ether oxygens (including phenoxy) is 3. The molecule has 0 aromatic rings. The maximum atomic E-state index is 13.1. The first-order valence-electron chi connectivity index (χ1n) is 33.3. The fraction of sp³-hybridized carbons (Fsp3) is 0.953. The second-order valence-electron chi connectivity index (χ2n) is 22.8. The van der Waals surface area contributed by atoms with Gasteiger partial charge in [-0.25, -0.2) is 0 Å². The highest BCUT2D eigenvalue weighted by atomic mass is 33.5. The van der Waals surface area contributed by atoms with E-state index in [4.69, 9.17) is 14.2 Å². The van der Waals surface area contributed by atoms with E-state index in [-0.39, 0.29) is 49.1 Å². The molecule has 0 fully saturated rings. The lowest BCUT2D eigenvalue weighted by molar-refractivity contribution is -0.148. The van der Waals surface area contributed by atoms with Crippen LogP contribution in [-0.4, -0.2) is 120 Å². The molecule has 0 spiro atoms. The van der Waals surface area contributed by atoms with Crippen LogP contribution in [0.15, 0.2) is 0 Å². The van der Waals surface area contributed by atoms with Crippen molar-refractivity contribution < 1.29 is 28.6 Å². The predicted molar refractivity (Wildman–Crippen MR) is 380 cm³/mol. The van der Waals surface area contributed by atoms with E-state index in [1.165, 1.54) is 248 Å². The summed E-state index contributed by atoms with van der Waals surface area (Å²) < 4.78 is 17.4. The zero-order valence-corrected chi connectivity index (χ0v) is 60.7. The highest BCUT2D eigenvalue weighted by Crippen LogP contribution is 2.38. The Morgan fingerprint density at radius 2 is 0.556 bits per heavy atom. The normalized spacial score (nSPS) is 12.9. The molecule has 0 saturated heterocycles. The Morgan fingerprint density at radius 1 is 0.309 bits per heavy atom. The monoisotopic (exact) mass is 1310 g/mol. The minimum Gasteiger partial charge on any atom is -0.462 e. The molecule has 3 unspecified atom stereocenters. The summed E-state index contributed by atoms with van der Waals surface area (Å²) in [6, 6.07) is 0. The number of nitrogens with zero attached hydrogens (tertiary/aromatic N) is 2. The third-order valence-electron chi connectivity index (χ3n) is 14.4. The smallest absolute Gasteiger partial charge is 0.307 e. The Morgan fingerprint density at radius 3 is 0.827 bits per heavy atom. The molecule has 482 valence electrons. The Labute approximate surface area is 537 Å². The van der Waals surface area contributed by atoms with E-state index in [1.807, 2.05) is 89.7 Å². The van der Waals surface area contributed by atoms with Gasteiger partial charge < -0.3 is 24.0 Å². The summed E-state index contributed by atoms with van der Waals surface area (Å²) in [6.07, 6.45) is 50.9. The van der Waals surface area contributed by atoms with Gasteiger partial charge in [0.15, 0.2) is 0 Å². The molecule has 0 aliphatic rings. The van der Waals surface area contributed by atoms with Crippen molar-refractivity contribution in [1.29, 1.82) is 0 Å². The molecule has 0 saturated carbocycles. The van der Waals surface area contributed by atoms with Crippen molar-refractivity contribution in [3.8, 4) is 0 Å². The lowest BCUT2D eigenvalue weighted by atomic mass is 10.1. The molecule has 17 heteroatoms. The van der Waals surface area contributed by atoms with Gasteiger partial charge in [0, 0.05) is 54.2 Å². The Balaban J connectivity index is 4.57. The third kappa shape index (κ3) is 65.7. The van der Waals surface area contributed by atoms with E-state index in [9.17, 15) is 14.4 Å². The van der Waals surface area contributed by atoms with Crippen LogP contribution in [0.2, 0.25) is 0 Å². The van der Waals surface area contributed by atoms with Crippen LogP contribution in [0.3, 0.4) is 0 Å². The van der Waals surface area contributed by atoms with Gasteiger partial charge in [-0.15, -0.1) is 0 Å². The largest absolute Gasteiger partial charge is 0.462 e. The fourth-order valence-corrected chi connectivity index (χ4v) is 21.3. The molecule has 0 aromatic carbocycles. The van der Waals surface area contributed by atoms with Gasteiger partial charge in [-0.05, 0) is 96.1 Å². The van der Waals surface area contributed by atoms with E-state index in [0.29, 0.717) is 26.1 Å². The molecule has 0 bridgehead atoms. The molecule has 0 radical (unpaired) electrons. The van der Waals surface area contributed by atoms with Gasteiger partial charge in [-0.1, -0.05) is 297 Å². The topological polar surface area (TPSA) is 85.4 Å². The summed E-state index contributed by atoms with van der Waals surface area (Å²) in [5.74, 6) is 5.30. The lowest BCUT2D eigenvalue weighted by Crippen LogP contribution is -2.34. The van der Waals surface area contributed by atoms with E-state index in [0.717, 1.165) is 36.8 Å². The highest BCUT2D eigenvalue weighted by molar-refractivity contribution is 9.10. The number of unbranched alkanes of at least 4 members (excludes halogenated alkanes) is 33. The van der Waals surface area contributed by atoms with E-state index in [2.05, 4.69) is 30.6 Å². The Hall–Kier alpha value is 1.48. The molecule has 0 aliphatic carbocycles. The van der Waals surface area contributed by atoms with Crippen LogP contribution in [0.5, 0.6) is 0 Å². The molecule has 0 aliphatic heterocycles. The number of carbonyl (C=O) groups excluding carboxylic acids is 3. The van der Waals surface area contributed by atoms with Gasteiger partial charge in [-0.2, -0.15) is 0 Å². The van der Waals surface area contributed by atoms with Crippen LogP contribution >= 0.6 is 94.2 Å². The van der Waals surface area contributed by atoms with Crippen LogP contribution in [0.4, 0.5) is 0 Å². The molecular formula is C64H126N2O6S9. The lowest BCUT2D eigenvalue weighted by Gasteiger charge is -2.24. The molecular weight excluding hydrogens is 1180 g/mol. The third-order valence-corrected chi connectivity index (χ3v) is 27.8. The van der Waals surface area contributed by atoms with Crippen molar-refractivity contribution in [2.24, 2.45) is 0 Å². The highest BCUT2D eigenvalue weighted by Gasteiger charge is 2.17. The van der Waals surface area contributed by atoms with E-state index < -0.39 is 0 Å². The standard InChI is InChI=1S/C64H126N2O6S9/c1-8-11-14-17-20-23-26-29-32-35-38-41-53-73-79-76-56-59(4)70-62(67)45-50-65(7)48-44-49-66(51-46-63(68)71-60(5)57-77-80-74-54-42-39-36-33-30-27-24-21-18-15-12-9-2)52-47-64(69)72-61(6)58-78-81-75-55-43-40-37-34-31-28-25-22-19-16-13-10-3/h59-61H,8-58H2,1-7H3. The van der Waals surface area contributed by atoms with Crippen molar-refractivity contribution in [2.75, 3.05) is 74.3 Å². The van der Waals surface area contributed by atoms with E-state index >= 15 is 0 Å². The summed E-state index contributed by atoms with van der Waals surface area (Å²) in [6.45, 7) is 16.0. The van der Waals surface area contributed by atoms with Gasteiger partial charge in [0.25, 0.3) is 0 Å². The van der Waals surface area contributed by atoms with Gasteiger partial charge in [-0.3, -0.25) is 14.4 Å². The predicted octanol–water partition coefficient (Wildman–Crippen LogP) is 22.8. The summed E-state index contributed by atoms with van der Waals surface area (Å²) in [5.41, 5.74) is 0. The molecule has 3 atom stereocenters. The zero-order valence-electron chi connectivity index (χ0n) is 53.3. The maximum Gasteiger partial charge on any atom is 0.307 e. The fourth-order valence-electron chi connectivity index (χ4n) is 9.33. The van der Waals surface area contributed by atoms with Gasteiger partial charge in [0.05, 0.1) is 19.3 Å². The molecule has 8 nitrogen and oxygen atoms in total. The van der Waals surface area contributed by atoms with Crippen LogP contribution < -0.4 is 0 Å². The first-order chi connectivity index (χ1) is 39.6. The van der Waals surface area contributed by atoms with Crippen molar-refractivity contribution in [3.05, 3.63) is 0 Å². The van der Waals surface area contributed by atoms with Gasteiger partial charge in [0.1, 0.15) is 18.3 Å². The van der Waals surface area contributed by atoms with Gasteiger partial charge >= 0.3 is 17.9 Å². The quantitative estimate of drug-likeness (QED) is 0.0250. The number of carbonyl (C=O) groups is 3. The van der Waals surface area contributed by atoms with Crippen LogP contribution in [-0.2, 0) is 28.6 Å². The summed E-state index contributed by atoms with van der Waals surface area (Å²) in [7, 11) is 18.6. The van der Waals surface area contributed by atoms with E-state index in [1.54, 1.807) is 32.4 Å². The van der Waals surface area contributed by atoms with Crippen LogP contribution in [0.1, 0.15) is 298 Å². The van der Waals surface area contributed by atoms with Crippen molar-refractivity contribution >= 4 is 112 Å². The number of hydrogen-bond donors (Lipinski definition) is 0. The molecule has 81 heavy (non-hydrogen) atoms. The first kappa shape index (κ1) is 82.5. The average molecular weight is 1310 g/mol. The van der Waals surface area contributed by atoms with Crippen LogP contribution in [0.25, 0.3) is 0 Å². The summed E-state index contributed by atoms with van der Waals surface area (Å²) in [5, 5.41) is 0. The molecule has 0 aromatic heterocycles. The minimum absolute atomic E-state index is 0.115. The maximum absolute atomic E-state index is 13.1. The SMILES string of the molecule is CCCCCCCCCCCCCCSSSCC(C)OC(=O)CCN(C)CCCN(CCC(=O)OC(C)CSSSCCCCCCCCCCCCCC)CCC(=O)OC(C)CSSSCCCCCCCCCCCCCC. The molecule has 0 rings (SSSR count). The zero-order chi connectivity index (χ0) is 59.2. The minimum atomic E-state index is -0.194. The molecule has 0 N–H and O–H groups in total. The van der Waals surface area contributed by atoms with Gasteiger partial charge in [0.2, 0.25) is 0 Å². The second kappa shape index (κ2) is 67.4. The summed E-state index contributed by atoms with van der Waals surface area (Å²) in [4.78, 5) is 43.3. The number of hydrogen-bond acceptors (Lipinski definition) is 17. The Bertz CT molecular complexity index is 1280. The number of rotatable bonds is 67. The first-order valence-corrected chi connectivity index (χ1v) is 44.8. The molecule has 0 heterocycles. The molecule has 0 amide bonds. The van der Waals surface area contributed by atoms with Crippen molar-refractivity contribution in [1.82, 2.24) is 9.80 Å².